The molecule has 2 atom stereocenters. The van der Waals surface area contributed by atoms with Crippen LogP contribution >= 0.6 is 0 Å². The van der Waals surface area contributed by atoms with Crippen LogP contribution in [0.1, 0.15) is 52.9 Å². The molecule has 0 aliphatic heterocycles. The molecule has 0 saturated heterocycles. The molecule has 0 saturated carbocycles. The third-order valence-corrected chi connectivity index (χ3v) is 2.67. The fourth-order valence-corrected chi connectivity index (χ4v) is 1.65. The number of hydrogen-bond donors (Lipinski definition) is 2. The highest BCUT2D eigenvalue weighted by Gasteiger charge is 2.16. The Bertz CT molecular complexity index is 171. The summed E-state index contributed by atoms with van der Waals surface area (Å²) in [6.07, 6.45) is 5.31. The number of unbranched alkanes of at least 4 members (excludes halogenated alkanes) is 1. The number of carbonyl (C=O) groups is 1. The number of carbonyl (C=O) groups excluding carboxylic acids is 1. The van der Waals surface area contributed by atoms with Gasteiger partial charge in [-0.2, -0.15) is 0 Å². The maximum Gasteiger partial charge on any atom is 0.224 e. The second-order valence-electron chi connectivity index (χ2n) is 4.27. The first kappa shape index (κ1) is 14.4. The van der Waals surface area contributed by atoms with Crippen molar-refractivity contribution in [2.45, 2.75) is 58.9 Å². The van der Waals surface area contributed by atoms with E-state index in [4.69, 9.17) is 5.73 Å². The number of nitrogens with two attached hydrogens (primary N) is 1. The summed E-state index contributed by atoms with van der Waals surface area (Å²) in [6.45, 7) is 6.76. The number of nitrogens with one attached hydrogen (secondary N) is 1. The molecule has 3 N–H and O–H groups in total. The first-order chi connectivity index (χ1) is 7.15. The lowest BCUT2D eigenvalue weighted by Gasteiger charge is -2.18. The van der Waals surface area contributed by atoms with Crippen LogP contribution in [0.5, 0.6) is 0 Å². The molecule has 0 radical (unpaired) electrons. The van der Waals surface area contributed by atoms with E-state index in [1.54, 1.807) is 0 Å². The molecule has 0 bridgehead atoms. The molecule has 0 fully saturated rings. The first-order valence-corrected chi connectivity index (χ1v) is 6.16. The van der Waals surface area contributed by atoms with E-state index in [0.717, 1.165) is 19.3 Å². The van der Waals surface area contributed by atoms with Crippen molar-refractivity contribution in [2.24, 2.45) is 11.7 Å². The predicted octanol–water partition coefficient (Wildman–Crippen LogP) is 2.06. The van der Waals surface area contributed by atoms with E-state index in [9.17, 15) is 4.79 Å². The number of amides is 1. The summed E-state index contributed by atoms with van der Waals surface area (Å²) in [4.78, 5) is 11.7. The van der Waals surface area contributed by atoms with E-state index in [1.165, 1.54) is 12.8 Å². The zero-order valence-electron chi connectivity index (χ0n) is 10.4. The maximum atomic E-state index is 11.7. The molecular weight excluding hydrogens is 188 g/mol. The first-order valence-electron chi connectivity index (χ1n) is 6.16. The summed E-state index contributed by atoms with van der Waals surface area (Å²) in [5.41, 5.74) is 5.57. The molecule has 0 aromatic rings. The van der Waals surface area contributed by atoms with Crippen LogP contribution in [0.4, 0.5) is 0 Å². The lowest BCUT2D eigenvalue weighted by atomic mass is 10.0. The van der Waals surface area contributed by atoms with E-state index in [0.29, 0.717) is 6.54 Å². The molecule has 0 heterocycles. The van der Waals surface area contributed by atoms with Crippen molar-refractivity contribution in [3.8, 4) is 0 Å². The predicted molar refractivity (Wildman–Crippen MR) is 64.6 cm³/mol. The minimum Gasteiger partial charge on any atom is -0.353 e. The maximum absolute atomic E-state index is 11.7. The standard InChI is InChI=1S/C12H26N2O/c1-4-6-8-10(3)14-12(15)11(9-13)7-5-2/h10-11H,4-9,13H2,1-3H3,(H,14,15). The van der Waals surface area contributed by atoms with Crippen molar-refractivity contribution in [3.05, 3.63) is 0 Å². The molecule has 1 amide bonds. The fourth-order valence-electron chi connectivity index (χ4n) is 1.65. The molecule has 0 rings (SSSR count). The van der Waals surface area contributed by atoms with Crippen molar-refractivity contribution in [3.63, 3.8) is 0 Å². The Kier molecular flexibility index (Phi) is 8.38. The molecule has 0 aliphatic carbocycles. The van der Waals surface area contributed by atoms with Gasteiger partial charge in [0.2, 0.25) is 5.91 Å². The van der Waals surface area contributed by atoms with Crippen molar-refractivity contribution in [1.82, 2.24) is 5.32 Å². The van der Waals surface area contributed by atoms with Gasteiger partial charge in [-0.3, -0.25) is 4.79 Å². The van der Waals surface area contributed by atoms with Gasteiger partial charge in [0.15, 0.2) is 0 Å². The molecule has 0 aliphatic rings. The van der Waals surface area contributed by atoms with Gasteiger partial charge in [-0.1, -0.05) is 33.1 Å². The van der Waals surface area contributed by atoms with Gasteiger partial charge in [-0.25, -0.2) is 0 Å². The minimum absolute atomic E-state index is 0.000855. The zero-order valence-corrected chi connectivity index (χ0v) is 10.4. The van der Waals surface area contributed by atoms with E-state index >= 15 is 0 Å². The van der Waals surface area contributed by atoms with Gasteiger partial charge in [0.1, 0.15) is 0 Å². The van der Waals surface area contributed by atoms with Crippen molar-refractivity contribution < 1.29 is 4.79 Å². The zero-order chi connectivity index (χ0) is 11.7. The summed E-state index contributed by atoms with van der Waals surface area (Å²) in [7, 11) is 0. The Labute approximate surface area is 93.8 Å². The fraction of sp³-hybridized carbons (Fsp3) is 0.917. The second kappa shape index (κ2) is 8.72. The third kappa shape index (κ3) is 6.50. The summed E-state index contributed by atoms with van der Waals surface area (Å²) in [6, 6.07) is 0.281. The Balaban J connectivity index is 3.87. The second-order valence-corrected chi connectivity index (χ2v) is 4.27. The Morgan fingerprint density at radius 1 is 1.27 bits per heavy atom. The minimum atomic E-state index is -0.000855. The normalized spacial score (nSPS) is 14.7. The highest BCUT2D eigenvalue weighted by atomic mass is 16.1. The van der Waals surface area contributed by atoms with Crippen molar-refractivity contribution in [2.75, 3.05) is 6.54 Å². The Morgan fingerprint density at radius 3 is 2.40 bits per heavy atom. The molecule has 3 heteroatoms. The lowest BCUT2D eigenvalue weighted by molar-refractivity contribution is -0.125. The van der Waals surface area contributed by atoms with Crippen LogP contribution in [0.15, 0.2) is 0 Å². The van der Waals surface area contributed by atoms with Crippen LogP contribution in [-0.4, -0.2) is 18.5 Å². The van der Waals surface area contributed by atoms with Crippen LogP contribution in [0, 0.1) is 5.92 Å². The largest absolute Gasteiger partial charge is 0.353 e. The monoisotopic (exact) mass is 214 g/mol. The van der Waals surface area contributed by atoms with Gasteiger partial charge in [0.25, 0.3) is 0 Å². The molecule has 0 spiro atoms. The summed E-state index contributed by atoms with van der Waals surface area (Å²) in [5.74, 6) is 0.127. The molecular formula is C12H26N2O. The third-order valence-electron chi connectivity index (χ3n) is 2.67. The molecule has 0 aromatic heterocycles. The smallest absolute Gasteiger partial charge is 0.224 e. The van der Waals surface area contributed by atoms with E-state index in [-0.39, 0.29) is 17.9 Å². The van der Waals surface area contributed by atoms with Crippen LogP contribution < -0.4 is 11.1 Å². The lowest BCUT2D eigenvalue weighted by Crippen LogP contribution is -2.39. The number of rotatable bonds is 8. The average Bonchev–Trinajstić information content (AvgIpc) is 2.22. The van der Waals surface area contributed by atoms with Gasteiger partial charge in [0, 0.05) is 12.6 Å². The molecule has 2 unspecified atom stereocenters. The van der Waals surface area contributed by atoms with Crippen LogP contribution in [0.25, 0.3) is 0 Å². The number of hydrogen-bond acceptors (Lipinski definition) is 2. The van der Waals surface area contributed by atoms with Crippen LogP contribution in [0.2, 0.25) is 0 Å². The summed E-state index contributed by atoms with van der Waals surface area (Å²) < 4.78 is 0. The molecule has 15 heavy (non-hydrogen) atoms. The van der Waals surface area contributed by atoms with E-state index < -0.39 is 0 Å². The molecule has 0 aromatic carbocycles. The van der Waals surface area contributed by atoms with Crippen LogP contribution in [0.3, 0.4) is 0 Å². The average molecular weight is 214 g/mol. The van der Waals surface area contributed by atoms with E-state index in [1.807, 2.05) is 0 Å². The van der Waals surface area contributed by atoms with Crippen LogP contribution in [-0.2, 0) is 4.79 Å². The van der Waals surface area contributed by atoms with Crippen molar-refractivity contribution in [1.29, 1.82) is 0 Å². The van der Waals surface area contributed by atoms with Gasteiger partial charge < -0.3 is 11.1 Å². The highest BCUT2D eigenvalue weighted by molar-refractivity contribution is 5.79. The van der Waals surface area contributed by atoms with Gasteiger partial charge >= 0.3 is 0 Å². The summed E-state index contributed by atoms with van der Waals surface area (Å²) in [5, 5.41) is 3.03. The molecule has 3 nitrogen and oxygen atoms in total. The SMILES string of the molecule is CCCCC(C)NC(=O)C(CN)CCC. The topological polar surface area (TPSA) is 55.1 Å². The summed E-state index contributed by atoms with van der Waals surface area (Å²) >= 11 is 0. The molecule has 90 valence electrons. The quantitative estimate of drug-likeness (QED) is 0.650. The van der Waals surface area contributed by atoms with Crippen molar-refractivity contribution >= 4 is 5.91 Å². The van der Waals surface area contributed by atoms with E-state index in [2.05, 4.69) is 26.1 Å². The van der Waals surface area contributed by atoms with Gasteiger partial charge in [-0.15, -0.1) is 0 Å². The van der Waals surface area contributed by atoms with Gasteiger partial charge in [-0.05, 0) is 19.8 Å². The highest BCUT2D eigenvalue weighted by Crippen LogP contribution is 2.06. The Morgan fingerprint density at radius 2 is 1.93 bits per heavy atom. The Hall–Kier alpha value is -0.570. The van der Waals surface area contributed by atoms with Gasteiger partial charge in [0.05, 0.1) is 5.92 Å².